The first-order valence-corrected chi connectivity index (χ1v) is 10.2. The van der Waals surface area contributed by atoms with Gasteiger partial charge in [0.05, 0.1) is 23.6 Å². The quantitative estimate of drug-likeness (QED) is 0.482. The molecule has 32 heavy (non-hydrogen) atoms. The molecule has 0 radical (unpaired) electrons. The second kappa shape index (κ2) is 9.46. The number of carbonyl (C=O) groups is 1. The van der Waals surface area contributed by atoms with Crippen LogP contribution in [0.15, 0.2) is 48.7 Å². The summed E-state index contributed by atoms with van der Waals surface area (Å²) in [4.78, 5) is 10.8. The summed E-state index contributed by atoms with van der Waals surface area (Å²) in [5, 5.41) is 13.3. The minimum absolute atomic E-state index is 0.00481. The molecular formula is C24H25F3N2O3. The lowest BCUT2D eigenvalue weighted by Gasteiger charge is -2.14. The SMILES string of the molecule is Cc1cc(OCC(C)c2cn(-c3ccc(C(F)(F)F)cc3)nc2C)ccc1CCC(=O)O. The lowest BCUT2D eigenvalue weighted by Crippen LogP contribution is -2.08. The number of hydrogen-bond donors (Lipinski definition) is 1. The Labute approximate surface area is 184 Å². The van der Waals surface area contributed by atoms with E-state index in [1.165, 1.54) is 12.1 Å². The molecule has 1 unspecified atom stereocenters. The molecule has 0 aliphatic carbocycles. The van der Waals surface area contributed by atoms with Crippen LogP contribution in [0.25, 0.3) is 5.69 Å². The Balaban J connectivity index is 1.66. The molecule has 2 aromatic carbocycles. The van der Waals surface area contributed by atoms with E-state index in [-0.39, 0.29) is 12.3 Å². The number of alkyl halides is 3. The molecule has 1 N–H and O–H groups in total. The number of aromatic nitrogens is 2. The fourth-order valence-electron chi connectivity index (χ4n) is 3.48. The molecule has 1 aromatic heterocycles. The zero-order chi connectivity index (χ0) is 23.5. The molecule has 1 heterocycles. The highest BCUT2D eigenvalue weighted by Gasteiger charge is 2.30. The van der Waals surface area contributed by atoms with Crippen molar-refractivity contribution < 1.29 is 27.8 Å². The maximum Gasteiger partial charge on any atom is 0.416 e. The lowest BCUT2D eigenvalue weighted by molar-refractivity contribution is -0.138. The average molecular weight is 446 g/mol. The molecule has 0 aliphatic heterocycles. The van der Waals surface area contributed by atoms with Gasteiger partial charge in [-0.1, -0.05) is 13.0 Å². The van der Waals surface area contributed by atoms with Crippen LogP contribution in [0, 0.1) is 13.8 Å². The summed E-state index contributed by atoms with van der Waals surface area (Å²) in [5.41, 5.74) is 3.52. The Morgan fingerprint density at radius 3 is 2.44 bits per heavy atom. The highest BCUT2D eigenvalue weighted by molar-refractivity contribution is 5.67. The molecular weight excluding hydrogens is 421 g/mol. The van der Waals surface area contributed by atoms with Gasteiger partial charge in [0.15, 0.2) is 0 Å². The number of hydrogen-bond acceptors (Lipinski definition) is 3. The summed E-state index contributed by atoms with van der Waals surface area (Å²) in [6.45, 7) is 6.17. The van der Waals surface area contributed by atoms with Crippen molar-refractivity contribution in [2.45, 2.75) is 45.7 Å². The molecule has 0 saturated carbocycles. The molecule has 1 atom stereocenters. The predicted octanol–water partition coefficient (Wildman–Crippen LogP) is 5.71. The molecule has 0 amide bonds. The zero-order valence-corrected chi connectivity index (χ0v) is 18.1. The number of aliphatic carboxylic acids is 1. The number of halogens is 3. The Hall–Kier alpha value is -3.29. The second-order valence-corrected chi connectivity index (χ2v) is 7.85. The molecule has 0 saturated heterocycles. The molecule has 0 bridgehead atoms. The van der Waals surface area contributed by atoms with E-state index in [1.807, 2.05) is 45.2 Å². The van der Waals surface area contributed by atoms with Gasteiger partial charge in [0, 0.05) is 18.5 Å². The van der Waals surface area contributed by atoms with E-state index in [2.05, 4.69) is 5.10 Å². The van der Waals surface area contributed by atoms with Crippen LogP contribution in [-0.2, 0) is 17.4 Å². The van der Waals surface area contributed by atoms with E-state index in [4.69, 9.17) is 9.84 Å². The maximum absolute atomic E-state index is 12.8. The molecule has 3 rings (SSSR count). The van der Waals surface area contributed by atoms with Gasteiger partial charge < -0.3 is 9.84 Å². The molecule has 170 valence electrons. The van der Waals surface area contributed by atoms with Crippen molar-refractivity contribution in [1.29, 1.82) is 0 Å². The van der Waals surface area contributed by atoms with E-state index in [9.17, 15) is 18.0 Å². The molecule has 0 aliphatic rings. The van der Waals surface area contributed by atoms with E-state index in [0.717, 1.165) is 34.5 Å². The van der Waals surface area contributed by atoms with Crippen molar-refractivity contribution in [1.82, 2.24) is 9.78 Å². The third-order valence-corrected chi connectivity index (χ3v) is 5.35. The van der Waals surface area contributed by atoms with Crippen molar-refractivity contribution in [2.75, 3.05) is 6.61 Å². The zero-order valence-electron chi connectivity index (χ0n) is 18.1. The summed E-state index contributed by atoms with van der Waals surface area (Å²) in [6, 6.07) is 10.5. The molecule has 0 spiro atoms. The number of carboxylic acid groups (broad SMARTS) is 1. The van der Waals surface area contributed by atoms with Crippen LogP contribution < -0.4 is 4.74 Å². The Bertz CT molecular complexity index is 1090. The third kappa shape index (κ3) is 5.69. The van der Waals surface area contributed by atoms with Crippen LogP contribution in [-0.4, -0.2) is 27.5 Å². The van der Waals surface area contributed by atoms with Crippen molar-refractivity contribution >= 4 is 5.97 Å². The smallest absolute Gasteiger partial charge is 0.416 e. The lowest BCUT2D eigenvalue weighted by atomic mass is 10.0. The average Bonchev–Trinajstić information content (AvgIpc) is 3.12. The number of carboxylic acids is 1. The predicted molar refractivity (Wildman–Crippen MR) is 114 cm³/mol. The first-order valence-electron chi connectivity index (χ1n) is 10.2. The van der Waals surface area contributed by atoms with Crippen molar-refractivity contribution in [3.05, 3.63) is 76.6 Å². The molecule has 5 nitrogen and oxygen atoms in total. The van der Waals surface area contributed by atoms with Gasteiger partial charge in [-0.15, -0.1) is 0 Å². The summed E-state index contributed by atoms with van der Waals surface area (Å²) < 4.78 is 45.8. The highest BCUT2D eigenvalue weighted by Crippen LogP contribution is 2.30. The van der Waals surface area contributed by atoms with Gasteiger partial charge in [0.25, 0.3) is 0 Å². The number of rotatable bonds is 8. The normalized spacial score (nSPS) is 12.6. The van der Waals surface area contributed by atoms with E-state index in [1.54, 1.807) is 4.68 Å². The Morgan fingerprint density at radius 1 is 1.16 bits per heavy atom. The molecule has 8 heteroatoms. The fraction of sp³-hybridized carbons (Fsp3) is 0.333. The minimum Gasteiger partial charge on any atom is -0.493 e. The van der Waals surface area contributed by atoms with Gasteiger partial charge in [0.2, 0.25) is 0 Å². The van der Waals surface area contributed by atoms with Gasteiger partial charge in [-0.25, -0.2) is 4.68 Å². The van der Waals surface area contributed by atoms with Crippen LogP contribution in [0.3, 0.4) is 0 Å². The van der Waals surface area contributed by atoms with Gasteiger partial charge in [-0.05, 0) is 73.4 Å². The van der Waals surface area contributed by atoms with E-state index in [0.29, 0.717) is 24.5 Å². The monoisotopic (exact) mass is 446 g/mol. The number of aryl methyl sites for hydroxylation is 3. The van der Waals surface area contributed by atoms with Crippen LogP contribution in [0.5, 0.6) is 5.75 Å². The number of ether oxygens (including phenoxy) is 1. The van der Waals surface area contributed by atoms with E-state index < -0.39 is 17.7 Å². The van der Waals surface area contributed by atoms with Gasteiger partial charge >= 0.3 is 12.1 Å². The van der Waals surface area contributed by atoms with Crippen molar-refractivity contribution in [2.24, 2.45) is 0 Å². The largest absolute Gasteiger partial charge is 0.493 e. The van der Waals surface area contributed by atoms with Gasteiger partial charge in [-0.2, -0.15) is 18.3 Å². The van der Waals surface area contributed by atoms with Gasteiger partial charge in [0.1, 0.15) is 5.75 Å². The molecule has 3 aromatic rings. The first kappa shape index (κ1) is 23.4. The standard InChI is InChI=1S/C24H25F3N2O3/c1-15-12-21(10-4-18(15)5-11-23(30)31)32-14-16(2)22-13-29(28-17(22)3)20-8-6-19(7-9-20)24(25,26)27/h4,6-10,12-13,16H,5,11,14H2,1-3H3,(H,30,31). The second-order valence-electron chi connectivity index (χ2n) is 7.85. The third-order valence-electron chi connectivity index (χ3n) is 5.35. The Morgan fingerprint density at radius 2 is 1.84 bits per heavy atom. The van der Waals surface area contributed by atoms with Crippen LogP contribution in [0.2, 0.25) is 0 Å². The fourth-order valence-corrected chi connectivity index (χ4v) is 3.48. The summed E-state index contributed by atoms with van der Waals surface area (Å²) in [5.74, 6) is -0.128. The van der Waals surface area contributed by atoms with Crippen LogP contribution >= 0.6 is 0 Å². The van der Waals surface area contributed by atoms with E-state index >= 15 is 0 Å². The topological polar surface area (TPSA) is 64.4 Å². The molecule has 0 fully saturated rings. The summed E-state index contributed by atoms with van der Waals surface area (Å²) in [7, 11) is 0. The van der Waals surface area contributed by atoms with Crippen LogP contribution in [0.1, 0.15) is 47.2 Å². The highest BCUT2D eigenvalue weighted by atomic mass is 19.4. The Kier molecular flexibility index (Phi) is 6.91. The van der Waals surface area contributed by atoms with Gasteiger partial charge in [-0.3, -0.25) is 4.79 Å². The number of benzene rings is 2. The number of nitrogens with zero attached hydrogens (tertiary/aromatic N) is 2. The van der Waals surface area contributed by atoms with Crippen LogP contribution in [0.4, 0.5) is 13.2 Å². The minimum atomic E-state index is -4.37. The van der Waals surface area contributed by atoms with Crippen molar-refractivity contribution in [3.8, 4) is 11.4 Å². The first-order chi connectivity index (χ1) is 15.0. The summed E-state index contributed by atoms with van der Waals surface area (Å²) in [6.07, 6.45) is -2.00. The maximum atomic E-state index is 12.8. The van der Waals surface area contributed by atoms with Crippen molar-refractivity contribution in [3.63, 3.8) is 0 Å². The summed E-state index contributed by atoms with van der Waals surface area (Å²) >= 11 is 0.